The fraction of sp³-hybridized carbons (Fsp3) is 0.562. The van der Waals surface area contributed by atoms with Gasteiger partial charge in [0, 0.05) is 23.5 Å². The highest BCUT2D eigenvalue weighted by Gasteiger charge is 2.19. The van der Waals surface area contributed by atoms with Gasteiger partial charge in [0.1, 0.15) is 0 Å². The fourth-order valence-corrected chi connectivity index (χ4v) is 3.52. The minimum atomic E-state index is 0.124. The molecule has 2 aliphatic heterocycles. The molecule has 2 unspecified atom stereocenters. The van der Waals surface area contributed by atoms with Gasteiger partial charge in [-0.3, -0.25) is 4.79 Å². The summed E-state index contributed by atoms with van der Waals surface area (Å²) in [4.78, 5) is 11.7. The number of hydrogen-bond acceptors (Lipinski definition) is 2. The summed E-state index contributed by atoms with van der Waals surface area (Å²) in [6.45, 7) is 0.927. The van der Waals surface area contributed by atoms with Crippen molar-refractivity contribution in [2.45, 2.75) is 49.5 Å². The molecule has 0 aromatic heterocycles. The van der Waals surface area contributed by atoms with Crippen LogP contribution in [0.15, 0.2) is 18.2 Å². The molecule has 108 valence electrons. The number of aryl methyl sites for hydroxylation is 1. The van der Waals surface area contributed by atoms with Gasteiger partial charge in [-0.15, -0.1) is 0 Å². The van der Waals surface area contributed by atoms with E-state index in [1.807, 2.05) is 6.07 Å². The number of nitrogens with one attached hydrogen (secondary N) is 1. The SMILES string of the molecule is O=C1CCc2cc(C(Br)CCC3CCCO3)ccc2N1. The molecule has 1 fully saturated rings. The van der Waals surface area contributed by atoms with Crippen molar-refractivity contribution in [3.63, 3.8) is 0 Å². The Balaban J connectivity index is 1.62. The Morgan fingerprint density at radius 3 is 3.10 bits per heavy atom. The molecule has 0 saturated carbocycles. The fourth-order valence-electron chi connectivity index (χ4n) is 2.97. The zero-order chi connectivity index (χ0) is 13.9. The predicted molar refractivity (Wildman–Crippen MR) is 83.3 cm³/mol. The van der Waals surface area contributed by atoms with Crippen LogP contribution in [0.5, 0.6) is 0 Å². The van der Waals surface area contributed by atoms with E-state index in [2.05, 4.69) is 33.4 Å². The van der Waals surface area contributed by atoms with Crippen molar-refractivity contribution in [3.8, 4) is 0 Å². The Morgan fingerprint density at radius 1 is 1.40 bits per heavy atom. The van der Waals surface area contributed by atoms with Crippen LogP contribution in [0.2, 0.25) is 0 Å². The van der Waals surface area contributed by atoms with E-state index in [-0.39, 0.29) is 5.91 Å². The van der Waals surface area contributed by atoms with Crippen LogP contribution in [0.25, 0.3) is 0 Å². The van der Waals surface area contributed by atoms with Crippen molar-refractivity contribution in [2.75, 3.05) is 11.9 Å². The summed E-state index contributed by atoms with van der Waals surface area (Å²) in [6, 6.07) is 6.37. The molecule has 2 aliphatic rings. The number of hydrogen-bond donors (Lipinski definition) is 1. The van der Waals surface area contributed by atoms with E-state index in [1.165, 1.54) is 24.0 Å². The highest BCUT2D eigenvalue weighted by molar-refractivity contribution is 9.09. The van der Waals surface area contributed by atoms with E-state index in [1.54, 1.807) is 0 Å². The van der Waals surface area contributed by atoms with E-state index in [4.69, 9.17) is 4.74 Å². The summed E-state index contributed by atoms with van der Waals surface area (Å²) in [6.07, 6.45) is 6.51. The third-order valence-corrected chi connectivity index (χ3v) is 5.14. The molecular weight excluding hydrogens is 318 g/mol. The number of halogens is 1. The minimum absolute atomic E-state index is 0.124. The third-order valence-electron chi connectivity index (χ3n) is 4.15. The first-order valence-electron chi connectivity index (χ1n) is 7.41. The van der Waals surface area contributed by atoms with Crippen LogP contribution < -0.4 is 5.32 Å². The van der Waals surface area contributed by atoms with Crippen LogP contribution >= 0.6 is 15.9 Å². The number of carbonyl (C=O) groups excluding carboxylic acids is 1. The predicted octanol–water partition coefficient (Wildman–Crippen LogP) is 3.97. The van der Waals surface area contributed by atoms with Gasteiger partial charge in [-0.05, 0) is 49.3 Å². The summed E-state index contributed by atoms with van der Waals surface area (Å²) in [5.41, 5.74) is 3.53. The van der Waals surface area contributed by atoms with Crippen LogP contribution in [-0.4, -0.2) is 18.6 Å². The Morgan fingerprint density at radius 2 is 2.30 bits per heavy atom. The second-order valence-corrected chi connectivity index (χ2v) is 6.75. The summed E-state index contributed by atoms with van der Waals surface area (Å²) in [5, 5.41) is 2.93. The average molecular weight is 338 g/mol. The third kappa shape index (κ3) is 3.23. The summed E-state index contributed by atoms with van der Waals surface area (Å²) in [5.74, 6) is 0.124. The molecule has 1 N–H and O–H groups in total. The van der Waals surface area contributed by atoms with Gasteiger partial charge >= 0.3 is 0 Å². The topological polar surface area (TPSA) is 38.3 Å². The molecule has 3 rings (SSSR count). The molecule has 0 spiro atoms. The van der Waals surface area contributed by atoms with Crippen LogP contribution in [-0.2, 0) is 16.0 Å². The first kappa shape index (κ1) is 14.1. The van der Waals surface area contributed by atoms with Crippen molar-refractivity contribution in [1.82, 2.24) is 0 Å². The van der Waals surface area contributed by atoms with Crippen molar-refractivity contribution in [2.24, 2.45) is 0 Å². The van der Waals surface area contributed by atoms with Gasteiger partial charge in [-0.1, -0.05) is 28.1 Å². The lowest BCUT2D eigenvalue weighted by molar-refractivity contribution is -0.116. The molecule has 3 nitrogen and oxygen atoms in total. The van der Waals surface area contributed by atoms with Crippen LogP contribution in [0, 0.1) is 0 Å². The molecule has 1 amide bonds. The molecular formula is C16H20BrNO2. The van der Waals surface area contributed by atoms with E-state index < -0.39 is 0 Å². The van der Waals surface area contributed by atoms with E-state index in [0.29, 0.717) is 17.4 Å². The quantitative estimate of drug-likeness (QED) is 0.844. The smallest absolute Gasteiger partial charge is 0.224 e. The summed E-state index contributed by atoms with van der Waals surface area (Å²) < 4.78 is 5.67. The number of anilines is 1. The van der Waals surface area contributed by atoms with Gasteiger partial charge in [0.2, 0.25) is 5.91 Å². The molecule has 2 heterocycles. The first-order valence-corrected chi connectivity index (χ1v) is 8.32. The van der Waals surface area contributed by atoms with Crippen LogP contribution in [0.4, 0.5) is 5.69 Å². The zero-order valence-corrected chi connectivity index (χ0v) is 13.1. The first-order chi connectivity index (χ1) is 9.72. The number of amides is 1. The number of carbonyl (C=O) groups is 1. The van der Waals surface area contributed by atoms with Crippen molar-refractivity contribution < 1.29 is 9.53 Å². The van der Waals surface area contributed by atoms with Gasteiger partial charge in [0.05, 0.1) is 6.10 Å². The summed E-state index contributed by atoms with van der Waals surface area (Å²) in [7, 11) is 0. The molecule has 4 heteroatoms. The second-order valence-electron chi connectivity index (χ2n) is 5.64. The lowest BCUT2D eigenvalue weighted by atomic mass is 9.97. The second kappa shape index (κ2) is 6.27. The van der Waals surface area contributed by atoms with E-state index in [9.17, 15) is 4.79 Å². The monoisotopic (exact) mass is 337 g/mol. The molecule has 2 atom stereocenters. The number of fused-ring (bicyclic) bond motifs is 1. The van der Waals surface area contributed by atoms with E-state index in [0.717, 1.165) is 31.6 Å². The van der Waals surface area contributed by atoms with Gasteiger partial charge in [0.25, 0.3) is 0 Å². The molecule has 0 bridgehead atoms. The highest BCUT2D eigenvalue weighted by Crippen LogP contribution is 2.33. The Kier molecular flexibility index (Phi) is 4.41. The van der Waals surface area contributed by atoms with Crippen LogP contribution in [0.3, 0.4) is 0 Å². The maximum Gasteiger partial charge on any atom is 0.224 e. The van der Waals surface area contributed by atoms with E-state index >= 15 is 0 Å². The van der Waals surface area contributed by atoms with Crippen molar-refractivity contribution >= 4 is 27.5 Å². The number of rotatable bonds is 4. The minimum Gasteiger partial charge on any atom is -0.378 e. The molecule has 1 saturated heterocycles. The lowest BCUT2D eigenvalue weighted by Crippen LogP contribution is -2.19. The lowest BCUT2D eigenvalue weighted by Gasteiger charge is -2.19. The van der Waals surface area contributed by atoms with Gasteiger partial charge in [0.15, 0.2) is 0 Å². The standard InChI is InChI=1S/C16H20BrNO2/c17-14(6-5-13-2-1-9-20-13)11-3-7-15-12(10-11)4-8-16(19)18-15/h3,7,10,13-14H,1-2,4-6,8-9H2,(H,18,19). The molecule has 20 heavy (non-hydrogen) atoms. The molecule has 0 aliphatic carbocycles. The van der Waals surface area contributed by atoms with Crippen molar-refractivity contribution in [1.29, 1.82) is 0 Å². The number of alkyl halides is 1. The van der Waals surface area contributed by atoms with Gasteiger partial charge < -0.3 is 10.1 Å². The molecule has 0 radical (unpaired) electrons. The van der Waals surface area contributed by atoms with Gasteiger partial charge in [-0.2, -0.15) is 0 Å². The van der Waals surface area contributed by atoms with Crippen LogP contribution in [0.1, 0.15) is 48.1 Å². The normalized spacial score (nSPS) is 23.2. The Labute approximate surface area is 128 Å². The highest BCUT2D eigenvalue weighted by atomic mass is 79.9. The summed E-state index contributed by atoms with van der Waals surface area (Å²) >= 11 is 3.79. The Hall–Kier alpha value is -0.870. The van der Waals surface area contributed by atoms with Crippen molar-refractivity contribution in [3.05, 3.63) is 29.3 Å². The molecule has 1 aromatic carbocycles. The number of benzene rings is 1. The number of ether oxygens (including phenoxy) is 1. The van der Waals surface area contributed by atoms with Gasteiger partial charge in [-0.25, -0.2) is 0 Å². The largest absolute Gasteiger partial charge is 0.378 e. The maximum absolute atomic E-state index is 11.4. The Bertz CT molecular complexity index is 497. The maximum atomic E-state index is 11.4. The average Bonchev–Trinajstić information content (AvgIpc) is 2.97. The zero-order valence-electron chi connectivity index (χ0n) is 11.5. The molecule has 1 aromatic rings.